The molecule has 8 aromatic rings. The minimum absolute atomic E-state index is 0.0133. The van der Waals surface area contributed by atoms with Crippen LogP contribution < -0.4 is 15.8 Å². The zero-order valence-electron chi connectivity index (χ0n) is 41.4. The lowest BCUT2D eigenvalue weighted by Gasteiger charge is -2.51. The Morgan fingerprint density at radius 1 is 0.478 bits per heavy atom. The molecule has 3 aliphatic heterocycles. The molecule has 69 heavy (non-hydrogen) atoms. The number of para-hydroxylation sites is 2. The molecule has 4 saturated carbocycles. The van der Waals surface area contributed by atoms with Gasteiger partial charge in [0, 0.05) is 38.7 Å². The molecule has 15 rings (SSSR count). The predicted molar refractivity (Wildman–Crippen MR) is 290 cm³/mol. The van der Waals surface area contributed by atoms with Crippen LogP contribution in [0.3, 0.4) is 0 Å². The Balaban J connectivity index is 1.06. The van der Waals surface area contributed by atoms with Gasteiger partial charge >= 0.3 is 6.85 Å². The topological polar surface area (TPSA) is 8.17 Å². The van der Waals surface area contributed by atoms with Crippen molar-refractivity contribution in [2.75, 3.05) is 4.90 Å². The van der Waals surface area contributed by atoms with E-state index in [1.165, 1.54) is 153 Å². The first-order valence-corrected chi connectivity index (χ1v) is 27.0. The Hall–Kier alpha value is -5.80. The minimum Gasteiger partial charge on any atom is -0.375 e. The molecule has 3 heteroatoms. The highest BCUT2D eigenvalue weighted by molar-refractivity contribution is 6.90. The zero-order chi connectivity index (χ0) is 46.1. The van der Waals surface area contributed by atoms with E-state index in [1.807, 2.05) is 0 Å². The molecule has 7 aliphatic rings. The Kier molecular flexibility index (Phi) is 8.56. The van der Waals surface area contributed by atoms with Crippen molar-refractivity contribution < 1.29 is 0 Å². The van der Waals surface area contributed by atoms with Crippen molar-refractivity contribution in [3.63, 3.8) is 0 Å². The maximum atomic E-state index is 2.87. The van der Waals surface area contributed by atoms with E-state index in [0.29, 0.717) is 0 Å². The smallest absolute Gasteiger partial charge is 0.333 e. The van der Waals surface area contributed by atoms with E-state index in [2.05, 4.69) is 190 Å². The fourth-order valence-electron chi connectivity index (χ4n) is 18.3. The van der Waals surface area contributed by atoms with E-state index < -0.39 is 5.41 Å². The zero-order valence-corrected chi connectivity index (χ0v) is 41.4. The Labute approximate surface area is 410 Å². The maximum Gasteiger partial charge on any atom is 0.333 e. The molecule has 0 radical (unpaired) electrons. The van der Waals surface area contributed by atoms with Gasteiger partial charge in [-0.25, -0.2) is 0 Å². The fourth-order valence-corrected chi connectivity index (χ4v) is 18.3. The second-order valence-corrected chi connectivity index (χ2v) is 24.6. The summed E-state index contributed by atoms with van der Waals surface area (Å²) < 4.78 is 2.87. The highest BCUT2D eigenvalue weighted by Gasteiger charge is 2.53. The molecule has 0 N–H and O–H groups in total. The average molecular weight is 897 g/mol. The van der Waals surface area contributed by atoms with Crippen LogP contribution in [0.1, 0.15) is 131 Å². The van der Waals surface area contributed by atoms with Crippen molar-refractivity contribution in [2.24, 2.45) is 35.5 Å². The molecule has 342 valence electrons. The van der Waals surface area contributed by atoms with Crippen LogP contribution in [-0.2, 0) is 16.2 Å². The Bertz CT molecular complexity index is 3350. The molecule has 1 aromatic heterocycles. The summed E-state index contributed by atoms with van der Waals surface area (Å²) in [6.07, 6.45) is 13.6. The first kappa shape index (κ1) is 41.0. The molecule has 0 saturated heterocycles. The third-order valence-electron chi connectivity index (χ3n) is 19.7. The second kappa shape index (κ2) is 14.4. The number of benzene rings is 7. The molecule has 4 fully saturated rings. The van der Waals surface area contributed by atoms with Gasteiger partial charge in [0.25, 0.3) is 0 Å². The maximum absolute atomic E-state index is 2.87. The quantitative estimate of drug-likeness (QED) is 0.160. The van der Waals surface area contributed by atoms with Gasteiger partial charge < -0.3 is 9.38 Å². The van der Waals surface area contributed by atoms with Gasteiger partial charge in [0.1, 0.15) is 0 Å². The minimum atomic E-state index is -0.521. The van der Waals surface area contributed by atoms with E-state index in [0.717, 1.165) is 35.5 Å². The first-order valence-electron chi connectivity index (χ1n) is 27.0. The molecule has 7 aromatic carbocycles. The lowest BCUT2D eigenvalue weighted by atomic mass is 9.43. The highest BCUT2D eigenvalue weighted by Crippen LogP contribution is 2.61. The summed E-state index contributed by atoms with van der Waals surface area (Å²) in [5.74, 6) is 4.73. The van der Waals surface area contributed by atoms with Gasteiger partial charge in [-0.2, -0.15) is 0 Å². The third kappa shape index (κ3) is 5.51. The van der Waals surface area contributed by atoms with Crippen LogP contribution in [0.15, 0.2) is 146 Å². The van der Waals surface area contributed by atoms with Crippen LogP contribution in [0.5, 0.6) is 0 Å². The van der Waals surface area contributed by atoms with Crippen molar-refractivity contribution in [3.05, 3.63) is 185 Å². The summed E-state index contributed by atoms with van der Waals surface area (Å²) in [5, 5.41) is 2.98. The SMILES string of the molecule is Cc1cc2c3c(c1)N1c4ccccc4C(c4ccccc4)(c4ccccc4)c4cccc(c41)B3n1c3ccc(C45CC(C)CC(CC(C)C4)C5)cc3c3cc(C45CC(C)CC(CC(C)C4)C5)cc-2c31. The van der Waals surface area contributed by atoms with Gasteiger partial charge in [0.15, 0.2) is 0 Å². The molecule has 4 heterocycles. The molecule has 4 aliphatic carbocycles. The molecular formula is C66H65BN2. The molecule has 4 bridgehead atoms. The van der Waals surface area contributed by atoms with Gasteiger partial charge in [0.05, 0.1) is 11.1 Å². The van der Waals surface area contributed by atoms with Gasteiger partial charge in [-0.05, 0) is 209 Å². The summed E-state index contributed by atoms with van der Waals surface area (Å²) in [7, 11) is 0. The van der Waals surface area contributed by atoms with Crippen LogP contribution in [0.4, 0.5) is 17.1 Å². The number of rotatable bonds is 4. The molecule has 0 amide bonds. The largest absolute Gasteiger partial charge is 0.375 e. The average Bonchev–Trinajstić information content (AvgIpc) is 3.67. The molecule has 4 unspecified atom stereocenters. The van der Waals surface area contributed by atoms with Crippen molar-refractivity contribution >= 4 is 56.6 Å². The molecule has 4 atom stereocenters. The summed E-state index contributed by atoms with van der Waals surface area (Å²) >= 11 is 0. The Morgan fingerprint density at radius 3 is 1.71 bits per heavy atom. The lowest BCUT2D eigenvalue weighted by molar-refractivity contribution is 0.0779. The summed E-state index contributed by atoms with van der Waals surface area (Å²) in [5.41, 5.74) is 22.4. The van der Waals surface area contributed by atoms with E-state index >= 15 is 0 Å². The number of aryl methyl sites for hydroxylation is 1. The van der Waals surface area contributed by atoms with Crippen LogP contribution in [0, 0.1) is 42.4 Å². The monoisotopic (exact) mass is 897 g/mol. The third-order valence-corrected chi connectivity index (χ3v) is 19.7. The van der Waals surface area contributed by atoms with Crippen LogP contribution in [0.2, 0.25) is 0 Å². The molecule has 2 nitrogen and oxygen atoms in total. The Morgan fingerprint density at radius 2 is 1.06 bits per heavy atom. The van der Waals surface area contributed by atoms with E-state index in [9.17, 15) is 0 Å². The highest BCUT2D eigenvalue weighted by atomic mass is 15.2. The van der Waals surface area contributed by atoms with Gasteiger partial charge in [-0.15, -0.1) is 0 Å². The molecule has 0 spiro atoms. The standard InChI is InChI=1S/C66H65BN2/c1-40-29-52-54-33-50(65-36-43(4)27-46(39-65)28-44(5)37-65)32-53-51-31-49(64-34-41(2)25-45(38-64)26-42(3)35-64)23-24-58(51)69(62(53)54)67-57-21-14-20-56-63(57)68(60(30-40)61(52)67)59-22-13-12-19-55(59)66(56,47-15-8-6-9-16-47)48-17-10-7-11-18-48/h6-24,29-33,41-46H,25-28,34-39H2,1-5H3. The fraction of sp³-hybridized carbons (Fsp3) is 0.364. The number of aromatic nitrogens is 1. The van der Waals surface area contributed by atoms with Crippen molar-refractivity contribution in [2.45, 2.75) is 115 Å². The van der Waals surface area contributed by atoms with E-state index in [4.69, 9.17) is 0 Å². The van der Waals surface area contributed by atoms with Gasteiger partial charge in [0.2, 0.25) is 0 Å². The predicted octanol–water partition coefficient (Wildman–Crippen LogP) is 15.4. The molecular weight excluding hydrogens is 832 g/mol. The normalized spacial score (nSPS) is 28.8. The number of anilines is 3. The lowest BCUT2D eigenvalue weighted by Crippen LogP contribution is -2.58. The van der Waals surface area contributed by atoms with Crippen molar-refractivity contribution in [1.82, 2.24) is 4.48 Å². The number of hydrogen-bond donors (Lipinski definition) is 0. The number of hydrogen-bond acceptors (Lipinski definition) is 1. The van der Waals surface area contributed by atoms with E-state index in [-0.39, 0.29) is 17.7 Å². The summed E-state index contributed by atoms with van der Waals surface area (Å²) in [4.78, 5) is 2.71. The van der Waals surface area contributed by atoms with Crippen LogP contribution in [-0.4, -0.2) is 11.3 Å². The summed E-state index contributed by atoms with van der Waals surface area (Å²) in [6.45, 7) is 12.6. The first-order chi connectivity index (χ1) is 33.6. The van der Waals surface area contributed by atoms with Gasteiger partial charge in [-0.3, -0.25) is 0 Å². The van der Waals surface area contributed by atoms with Crippen LogP contribution in [0.25, 0.3) is 32.9 Å². The number of fused-ring (bicyclic) bond motifs is 13. The van der Waals surface area contributed by atoms with Gasteiger partial charge in [-0.1, -0.05) is 137 Å². The second-order valence-electron chi connectivity index (χ2n) is 24.6. The van der Waals surface area contributed by atoms with Crippen molar-refractivity contribution in [1.29, 1.82) is 0 Å². The van der Waals surface area contributed by atoms with Crippen molar-refractivity contribution in [3.8, 4) is 11.1 Å². The number of nitrogens with zero attached hydrogens (tertiary/aromatic N) is 2. The summed E-state index contributed by atoms with van der Waals surface area (Å²) in [6, 6.07) is 58.2. The van der Waals surface area contributed by atoms with Crippen LogP contribution >= 0.6 is 0 Å². The van der Waals surface area contributed by atoms with E-state index in [1.54, 1.807) is 11.1 Å².